The molecule has 0 aromatic rings. The fraction of sp³-hybridized carbons (Fsp3) is 0.923. The van der Waals surface area contributed by atoms with Crippen molar-refractivity contribution in [3.8, 4) is 0 Å². The zero-order valence-corrected chi connectivity index (χ0v) is 12.0. The number of ether oxygens (including phenoxy) is 1. The van der Waals surface area contributed by atoms with Crippen LogP contribution in [0.5, 0.6) is 0 Å². The molecule has 1 heterocycles. The number of carbonyl (C=O) groups is 1. The Morgan fingerprint density at radius 1 is 1.44 bits per heavy atom. The average Bonchev–Trinajstić information content (AvgIpc) is 2.24. The highest BCUT2D eigenvalue weighted by atomic mass is 16.5. The number of carbonyl (C=O) groups excluding carboxylic acids is 1. The summed E-state index contributed by atoms with van der Waals surface area (Å²) in [4.78, 5) is 13.9. The molecule has 5 heteroatoms. The van der Waals surface area contributed by atoms with E-state index in [4.69, 9.17) is 10.5 Å². The van der Waals surface area contributed by atoms with E-state index in [2.05, 4.69) is 31.0 Å². The molecule has 18 heavy (non-hydrogen) atoms. The Balaban J connectivity index is 2.62. The maximum absolute atomic E-state index is 11.7. The van der Waals surface area contributed by atoms with E-state index in [9.17, 15) is 4.79 Å². The molecule has 0 spiro atoms. The summed E-state index contributed by atoms with van der Waals surface area (Å²) >= 11 is 0. The largest absolute Gasteiger partial charge is 0.373 e. The van der Waals surface area contributed by atoms with Crippen molar-refractivity contribution in [3.05, 3.63) is 0 Å². The van der Waals surface area contributed by atoms with Crippen LogP contribution in [0.25, 0.3) is 0 Å². The van der Waals surface area contributed by atoms with Crippen LogP contribution in [-0.2, 0) is 9.53 Å². The van der Waals surface area contributed by atoms with Gasteiger partial charge in [-0.3, -0.25) is 9.69 Å². The monoisotopic (exact) mass is 257 g/mol. The van der Waals surface area contributed by atoms with Crippen LogP contribution in [-0.4, -0.2) is 54.7 Å². The molecule has 3 atom stereocenters. The number of rotatable bonds is 6. The predicted molar refractivity (Wildman–Crippen MR) is 72.3 cm³/mol. The Morgan fingerprint density at radius 2 is 2.00 bits per heavy atom. The maximum Gasteiger partial charge on any atom is 0.238 e. The van der Waals surface area contributed by atoms with Crippen LogP contribution in [0.15, 0.2) is 0 Å². The van der Waals surface area contributed by atoms with Crippen molar-refractivity contribution in [2.75, 3.05) is 26.2 Å². The summed E-state index contributed by atoms with van der Waals surface area (Å²) in [7, 11) is 0. The lowest BCUT2D eigenvalue weighted by molar-refractivity contribution is -0.126. The fourth-order valence-corrected chi connectivity index (χ4v) is 2.48. The molecule has 0 aliphatic carbocycles. The summed E-state index contributed by atoms with van der Waals surface area (Å²) in [6.45, 7) is 11.2. The van der Waals surface area contributed by atoms with Crippen LogP contribution in [0.1, 0.15) is 34.1 Å². The highest BCUT2D eigenvalue weighted by Crippen LogP contribution is 2.14. The first-order valence-electron chi connectivity index (χ1n) is 6.80. The van der Waals surface area contributed by atoms with Crippen molar-refractivity contribution >= 4 is 5.91 Å². The van der Waals surface area contributed by atoms with Gasteiger partial charge in [0.1, 0.15) is 5.54 Å². The minimum absolute atomic E-state index is 0.206. The maximum atomic E-state index is 11.7. The molecule has 3 unspecified atom stereocenters. The molecular weight excluding hydrogens is 230 g/mol. The number of morpholine rings is 1. The first kappa shape index (κ1) is 15.4. The summed E-state index contributed by atoms with van der Waals surface area (Å²) < 4.78 is 5.69. The van der Waals surface area contributed by atoms with Gasteiger partial charge in [-0.05, 0) is 33.7 Å². The van der Waals surface area contributed by atoms with Gasteiger partial charge in [-0.15, -0.1) is 0 Å². The van der Waals surface area contributed by atoms with Crippen LogP contribution in [0.3, 0.4) is 0 Å². The molecule has 1 aliphatic heterocycles. The van der Waals surface area contributed by atoms with Crippen LogP contribution in [0.2, 0.25) is 0 Å². The molecule has 0 bridgehead atoms. The number of hydrogen-bond donors (Lipinski definition) is 2. The van der Waals surface area contributed by atoms with Gasteiger partial charge in [0.05, 0.1) is 12.2 Å². The summed E-state index contributed by atoms with van der Waals surface area (Å²) in [6.07, 6.45) is 1.40. The van der Waals surface area contributed by atoms with Crippen molar-refractivity contribution in [2.24, 2.45) is 5.73 Å². The molecule has 0 radical (unpaired) electrons. The highest BCUT2D eigenvalue weighted by molar-refractivity contribution is 5.84. The summed E-state index contributed by atoms with van der Waals surface area (Å²) in [5.41, 5.74) is 4.88. The van der Waals surface area contributed by atoms with Crippen molar-refractivity contribution in [1.29, 1.82) is 0 Å². The highest BCUT2D eigenvalue weighted by Gasteiger charge is 2.34. The van der Waals surface area contributed by atoms with Gasteiger partial charge in [0.15, 0.2) is 0 Å². The number of nitrogens with zero attached hydrogens (tertiary/aromatic N) is 1. The smallest absolute Gasteiger partial charge is 0.238 e. The minimum Gasteiger partial charge on any atom is -0.373 e. The van der Waals surface area contributed by atoms with Crippen LogP contribution in [0, 0.1) is 0 Å². The third-order valence-electron chi connectivity index (χ3n) is 3.34. The topological polar surface area (TPSA) is 67.6 Å². The molecule has 1 saturated heterocycles. The Labute approximate surface area is 110 Å². The number of nitrogens with two attached hydrogens (primary N) is 1. The quantitative estimate of drug-likeness (QED) is 0.720. The number of hydrogen-bond acceptors (Lipinski definition) is 4. The lowest BCUT2D eigenvalue weighted by Crippen LogP contribution is -2.62. The predicted octanol–water partition coefficient (Wildman–Crippen LogP) is 0.339. The number of primary amides is 1. The summed E-state index contributed by atoms with van der Waals surface area (Å²) in [5.74, 6) is -0.289. The van der Waals surface area contributed by atoms with Gasteiger partial charge in [-0.1, -0.05) is 6.92 Å². The number of amides is 1. The van der Waals surface area contributed by atoms with Gasteiger partial charge in [0, 0.05) is 19.6 Å². The lowest BCUT2D eigenvalue weighted by Gasteiger charge is -2.40. The Morgan fingerprint density at radius 3 is 2.44 bits per heavy atom. The Kier molecular flexibility index (Phi) is 5.56. The minimum atomic E-state index is -0.660. The molecule has 0 saturated carbocycles. The van der Waals surface area contributed by atoms with E-state index in [1.165, 1.54) is 0 Å². The van der Waals surface area contributed by atoms with Crippen molar-refractivity contribution in [1.82, 2.24) is 10.2 Å². The van der Waals surface area contributed by atoms with Gasteiger partial charge < -0.3 is 15.8 Å². The zero-order valence-electron chi connectivity index (χ0n) is 12.0. The van der Waals surface area contributed by atoms with E-state index in [0.717, 1.165) is 26.1 Å². The van der Waals surface area contributed by atoms with E-state index < -0.39 is 5.54 Å². The van der Waals surface area contributed by atoms with Crippen LogP contribution >= 0.6 is 0 Å². The van der Waals surface area contributed by atoms with Gasteiger partial charge >= 0.3 is 0 Å². The first-order valence-corrected chi connectivity index (χ1v) is 6.80. The van der Waals surface area contributed by atoms with Crippen molar-refractivity contribution in [3.63, 3.8) is 0 Å². The molecule has 106 valence electrons. The molecule has 0 aromatic heterocycles. The van der Waals surface area contributed by atoms with Crippen molar-refractivity contribution in [2.45, 2.75) is 51.9 Å². The lowest BCUT2D eigenvalue weighted by atomic mass is 9.99. The van der Waals surface area contributed by atoms with Gasteiger partial charge in [-0.2, -0.15) is 0 Å². The molecule has 3 N–H and O–H groups in total. The van der Waals surface area contributed by atoms with Crippen LogP contribution in [0.4, 0.5) is 0 Å². The third-order valence-corrected chi connectivity index (χ3v) is 3.34. The normalized spacial score (nSPS) is 28.9. The van der Waals surface area contributed by atoms with E-state index >= 15 is 0 Å². The molecular formula is C13H27N3O2. The van der Waals surface area contributed by atoms with Crippen LogP contribution < -0.4 is 11.1 Å². The molecule has 5 nitrogen and oxygen atoms in total. The number of nitrogens with one attached hydrogen (secondary N) is 1. The molecule has 1 aliphatic rings. The van der Waals surface area contributed by atoms with Gasteiger partial charge in [0.2, 0.25) is 5.91 Å². The van der Waals surface area contributed by atoms with Gasteiger partial charge in [-0.25, -0.2) is 0 Å². The second-order valence-corrected chi connectivity index (χ2v) is 5.57. The SMILES string of the molecule is CCCNC(C)(CN1CC(C)OC(C)C1)C(N)=O. The Bertz CT molecular complexity index is 275. The Hall–Kier alpha value is -0.650. The third kappa shape index (κ3) is 4.23. The molecule has 1 rings (SSSR count). The second kappa shape index (κ2) is 6.50. The summed E-state index contributed by atoms with van der Waals surface area (Å²) in [5, 5.41) is 3.27. The zero-order chi connectivity index (χ0) is 13.8. The van der Waals surface area contributed by atoms with E-state index in [0.29, 0.717) is 6.54 Å². The second-order valence-electron chi connectivity index (χ2n) is 5.57. The fourth-order valence-electron chi connectivity index (χ4n) is 2.48. The molecule has 0 aromatic carbocycles. The van der Waals surface area contributed by atoms with E-state index in [-0.39, 0.29) is 18.1 Å². The molecule has 1 amide bonds. The van der Waals surface area contributed by atoms with E-state index in [1.54, 1.807) is 0 Å². The standard InChI is InChI=1S/C13H27N3O2/c1-5-6-15-13(4,12(14)17)9-16-7-10(2)18-11(3)8-16/h10-11,15H,5-9H2,1-4H3,(H2,14,17). The molecule has 1 fully saturated rings. The van der Waals surface area contributed by atoms with E-state index in [1.807, 2.05) is 6.92 Å². The summed E-state index contributed by atoms with van der Waals surface area (Å²) in [6, 6.07) is 0. The first-order chi connectivity index (χ1) is 8.37. The average molecular weight is 257 g/mol. The van der Waals surface area contributed by atoms with Gasteiger partial charge in [0.25, 0.3) is 0 Å². The van der Waals surface area contributed by atoms with Crippen molar-refractivity contribution < 1.29 is 9.53 Å².